The molecule has 1 aromatic heterocycles. The normalized spacial score (nSPS) is 11.1. The first kappa shape index (κ1) is 20.3. The monoisotopic (exact) mass is 408 g/mol. The van der Waals surface area contributed by atoms with Gasteiger partial charge in [-0.3, -0.25) is 10.6 Å². The summed E-state index contributed by atoms with van der Waals surface area (Å²) in [6, 6.07) is 18.0. The molecule has 2 amide bonds. The summed E-state index contributed by atoms with van der Waals surface area (Å²) < 4.78 is 0. The van der Waals surface area contributed by atoms with Crippen LogP contribution in [0.5, 0.6) is 0 Å². The summed E-state index contributed by atoms with van der Waals surface area (Å²) in [4.78, 5) is 25.6. The summed E-state index contributed by atoms with van der Waals surface area (Å²) in [6.45, 7) is 4.14. The summed E-state index contributed by atoms with van der Waals surface area (Å²) in [5, 5.41) is 9.03. The average Bonchev–Trinajstić information content (AvgIpc) is 2.68. The third kappa shape index (κ3) is 6.58. The number of carbonyl (C=O) groups is 1. The van der Waals surface area contributed by atoms with E-state index in [9.17, 15) is 4.79 Å². The maximum absolute atomic E-state index is 12.4. The second-order valence-electron chi connectivity index (χ2n) is 6.34. The van der Waals surface area contributed by atoms with Gasteiger partial charge in [-0.25, -0.2) is 19.8 Å². The van der Waals surface area contributed by atoms with Crippen molar-refractivity contribution < 1.29 is 4.79 Å². The van der Waals surface area contributed by atoms with Gasteiger partial charge in [-0.1, -0.05) is 41.9 Å². The number of aromatic nitrogens is 2. The SMILES string of the molecule is Cc1cc(C)nc(NC(=NCc2ccccc2)NC(=O)Nc2ccc(Cl)cc2)n1. The molecule has 0 fully saturated rings. The lowest BCUT2D eigenvalue weighted by atomic mass is 10.2. The highest BCUT2D eigenvalue weighted by Gasteiger charge is 2.09. The van der Waals surface area contributed by atoms with Crippen molar-refractivity contribution in [1.29, 1.82) is 0 Å². The molecular formula is C21H21ClN6O. The van der Waals surface area contributed by atoms with E-state index in [-0.39, 0.29) is 5.96 Å². The number of amides is 2. The number of aryl methyl sites for hydroxylation is 2. The summed E-state index contributed by atoms with van der Waals surface area (Å²) in [7, 11) is 0. The predicted molar refractivity (Wildman–Crippen MR) is 116 cm³/mol. The van der Waals surface area contributed by atoms with Crippen molar-refractivity contribution in [3.05, 3.63) is 82.6 Å². The molecule has 1 heterocycles. The first-order valence-electron chi connectivity index (χ1n) is 8.99. The minimum Gasteiger partial charge on any atom is -0.308 e. The average molecular weight is 409 g/mol. The maximum atomic E-state index is 12.4. The molecule has 3 aromatic rings. The van der Waals surface area contributed by atoms with Crippen molar-refractivity contribution in [1.82, 2.24) is 15.3 Å². The van der Waals surface area contributed by atoms with Crippen LogP contribution in [0.2, 0.25) is 5.02 Å². The number of benzene rings is 2. The Labute approximate surface area is 174 Å². The van der Waals surface area contributed by atoms with Crippen LogP contribution in [0, 0.1) is 13.8 Å². The Hall–Kier alpha value is -3.45. The molecule has 0 spiro atoms. The Kier molecular flexibility index (Phi) is 6.76. The highest BCUT2D eigenvalue weighted by Crippen LogP contribution is 2.13. The lowest BCUT2D eigenvalue weighted by molar-refractivity contribution is 0.256. The molecule has 0 aliphatic heterocycles. The van der Waals surface area contributed by atoms with Crippen molar-refractivity contribution in [2.24, 2.45) is 4.99 Å². The van der Waals surface area contributed by atoms with Crippen LogP contribution in [-0.4, -0.2) is 22.0 Å². The highest BCUT2D eigenvalue weighted by atomic mass is 35.5. The Morgan fingerprint density at radius 3 is 2.28 bits per heavy atom. The second kappa shape index (κ2) is 9.66. The molecule has 3 rings (SSSR count). The van der Waals surface area contributed by atoms with Gasteiger partial charge in [0.1, 0.15) is 0 Å². The van der Waals surface area contributed by atoms with E-state index in [1.54, 1.807) is 24.3 Å². The molecule has 2 aromatic carbocycles. The molecule has 0 atom stereocenters. The van der Waals surface area contributed by atoms with Gasteiger partial charge in [-0.2, -0.15) is 0 Å². The van der Waals surface area contributed by atoms with Crippen LogP contribution >= 0.6 is 11.6 Å². The van der Waals surface area contributed by atoms with Crippen molar-refractivity contribution in [2.75, 3.05) is 10.6 Å². The number of guanidine groups is 1. The lowest BCUT2D eigenvalue weighted by Gasteiger charge is -2.12. The molecule has 8 heteroatoms. The van der Waals surface area contributed by atoms with Gasteiger partial charge in [0.15, 0.2) is 0 Å². The van der Waals surface area contributed by atoms with Crippen LogP contribution in [0.1, 0.15) is 17.0 Å². The van der Waals surface area contributed by atoms with Crippen LogP contribution in [0.25, 0.3) is 0 Å². The Morgan fingerprint density at radius 2 is 1.62 bits per heavy atom. The maximum Gasteiger partial charge on any atom is 0.326 e. The number of rotatable bonds is 4. The first-order valence-corrected chi connectivity index (χ1v) is 9.37. The molecule has 0 saturated heterocycles. The van der Waals surface area contributed by atoms with Gasteiger partial charge in [-0.05, 0) is 49.7 Å². The van der Waals surface area contributed by atoms with Crippen LogP contribution in [0.3, 0.4) is 0 Å². The molecule has 0 unspecified atom stereocenters. The van der Waals surface area contributed by atoms with Gasteiger partial charge in [0.25, 0.3) is 0 Å². The Balaban J connectivity index is 1.75. The largest absolute Gasteiger partial charge is 0.326 e. The van der Waals surface area contributed by atoms with Gasteiger partial charge in [-0.15, -0.1) is 0 Å². The quantitative estimate of drug-likeness (QED) is 0.436. The van der Waals surface area contributed by atoms with Gasteiger partial charge >= 0.3 is 6.03 Å². The lowest BCUT2D eigenvalue weighted by Crippen LogP contribution is -2.39. The van der Waals surface area contributed by atoms with Gasteiger partial charge in [0.05, 0.1) is 6.54 Å². The number of hydrogen-bond donors (Lipinski definition) is 3. The van der Waals surface area contributed by atoms with Gasteiger partial charge < -0.3 is 5.32 Å². The fourth-order valence-corrected chi connectivity index (χ4v) is 2.68. The molecule has 0 radical (unpaired) electrons. The standard InChI is InChI=1S/C21H21ClN6O/c1-14-12-15(2)25-20(24-14)27-19(23-13-16-6-4-3-5-7-16)28-21(29)26-18-10-8-17(22)9-11-18/h3-12H,13H2,1-2H3,(H3,23,24,25,26,27,28,29). The summed E-state index contributed by atoms with van der Waals surface area (Å²) in [5.41, 5.74) is 3.24. The predicted octanol–water partition coefficient (Wildman–Crippen LogP) is 4.54. The third-order valence-corrected chi connectivity index (χ3v) is 4.06. The topological polar surface area (TPSA) is 91.3 Å². The number of urea groups is 1. The van der Waals surface area contributed by atoms with Crippen LogP contribution in [-0.2, 0) is 6.54 Å². The van der Waals surface area contributed by atoms with E-state index in [4.69, 9.17) is 11.6 Å². The summed E-state index contributed by atoms with van der Waals surface area (Å²) >= 11 is 5.88. The summed E-state index contributed by atoms with van der Waals surface area (Å²) in [6.07, 6.45) is 0. The van der Waals surface area contributed by atoms with Crippen LogP contribution < -0.4 is 16.0 Å². The van der Waals surface area contributed by atoms with E-state index in [1.165, 1.54) is 0 Å². The minimum atomic E-state index is -0.448. The van der Waals surface area contributed by atoms with Crippen molar-refractivity contribution in [2.45, 2.75) is 20.4 Å². The Bertz CT molecular complexity index is 985. The number of nitrogens with zero attached hydrogens (tertiary/aromatic N) is 3. The molecule has 0 saturated carbocycles. The van der Waals surface area contributed by atoms with E-state index in [0.717, 1.165) is 17.0 Å². The molecular weight excluding hydrogens is 388 g/mol. The van der Waals surface area contributed by atoms with Crippen LogP contribution in [0.15, 0.2) is 65.7 Å². The number of aliphatic imine (C=N–C) groups is 1. The fraction of sp³-hybridized carbons (Fsp3) is 0.143. The van der Waals surface area contributed by atoms with Crippen molar-refractivity contribution in [3.8, 4) is 0 Å². The zero-order valence-corrected chi connectivity index (χ0v) is 16.9. The number of anilines is 2. The van der Waals surface area contributed by atoms with E-state index in [0.29, 0.717) is 23.2 Å². The number of hydrogen-bond acceptors (Lipinski definition) is 4. The van der Waals surface area contributed by atoms with Crippen molar-refractivity contribution in [3.63, 3.8) is 0 Å². The fourth-order valence-electron chi connectivity index (χ4n) is 2.55. The number of nitrogens with one attached hydrogen (secondary N) is 3. The molecule has 0 bridgehead atoms. The van der Waals surface area contributed by atoms with Gasteiger partial charge in [0.2, 0.25) is 11.9 Å². The number of halogens is 1. The van der Waals surface area contributed by atoms with E-state index >= 15 is 0 Å². The van der Waals surface area contributed by atoms with E-state index in [2.05, 4.69) is 30.9 Å². The summed E-state index contributed by atoms with van der Waals surface area (Å²) in [5.74, 6) is 0.603. The van der Waals surface area contributed by atoms with E-state index in [1.807, 2.05) is 50.2 Å². The highest BCUT2D eigenvalue weighted by molar-refractivity contribution is 6.30. The second-order valence-corrected chi connectivity index (χ2v) is 6.77. The molecule has 29 heavy (non-hydrogen) atoms. The smallest absolute Gasteiger partial charge is 0.308 e. The zero-order chi connectivity index (χ0) is 20.6. The minimum absolute atomic E-state index is 0.241. The van der Waals surface area contributed by atoms with Crippen molar-refractivity contribution >= 4 is 35.2 Å². The molecule has 7 nitrogen and oxygen atoms in total. The van der Waals surface area contributed by atoms with Crippen LogP contribution in [0.4, 0.5) is 16.4 Å². The molecule has 0 aliphatic rings. The molecule has 0 aliphatic carbocycles. The molecule has 3 N–H and O–H groups in total. The van der Waals surface area contributed by atoms with E-state index < -0.39 is 6.03 Å². The van der Waals surface area contributed by atoms with Gasteiger partial charge in [0, 0.05) is 22.1 Å². The Morgan fingerprint density at radius 1 is 0.966 bits per heavy atom. The molecule has 148 valence electrons. The zero-order valence-electron chi connectivity index (χ0n) is 16.1. The number of carbonyl (C=O) groups excluding carboxylic acids is 1. The third-order valence-electron chi connectivity index (χ3n) is 3.81. The first-order chi connectivity index (χ1) is 14.0.